The molecule has 1 aliphatic heterocycles. The van der Waals surface area contributed by atoms with Crippen molar-refractivity contribution in [1.29, 1.82) is 0 Å². The zero-order valence-corrected chi connectivity index (χ0v) is 14.0. The predicted molar refractivity (Wildman–Crippen MR) is 89.9 cm³/mol. The van der Waals surface area contributed by atoms with E-state index in [1.165, 1.54) is 49.0 Å². The van der Waals surface area contributed by atoms with Gasteiger partial charge >= 0.3 is 0 Å². The van der Waals surface area contributed by atoms with Gasteiger partial charge in [0.15, 0.2) is 0 Å². The van der Waals surface area contributed by atoms with E-state index >= 15 is 0 Å². The molecule has 2 aliphatic rings. The van der Waals surface area contributed by atoms with Gasteiger partial charge in [0.05, 0.1) is 5.60 Å². The second kappa shape index (κ2) is 6.72. The first-order chi connectivity index (χ1) is 10.2. The van der Waals surface area contributed by atoms with Crippen LogP contribution in [0, 0.1) is 0 Å². The van der Waals surface area contributed by atoms with Gasteiger partial charge in [0.2, 0.25) is 0 Å². The molecule has 1 heterocycles. The van der Waals surface area contributed by atoms with E-state index in [-0.39, 0.29) is 5.60 Å². The standard InChI is InChI=1S/C18H27NOS/c1-14(19-2)15-6-5-7-16(12-15)21-17-8-11-20-18(13-17)9-3-4-10-18/h5-7,12,14,17,19H,3-4,8-11,13H2,1-2H3. The first-order valence-electron chi connectivity index (χ1n) is 8.29. The molecule has 3 heteroatoms. The molecule has 2 unspecified atom stereocenters. The summed E-state index contributed by atoms with van der Waals surface area (Å²) in [6.07, 6.45) is 7.70. The molecule has 0 amide bonds. The third kappa shape index (κ3) is 3.64. The summed E-state index contributed by atoms with van der Waals surface area (Å²) >= 11 is 2.06. The molecule has 2 fully saturated rings. The van der Waals surface area contributed by atoms with Crippen molar-refractivity contribution < 1.29 is 4.74 Å². The Labute approximate surface area is 133 Å². The summed E-state index contributed by atoms with van der Waals surface area (Å²) in [7, 11) is 2.02. The van der Waals surface area contributed by atoms with Crippen LogP contribution in [0.4, 0.5) is 0 Å². The van der Waals surface area contributed by atoms with Gasteiger partial charge in [-0.2, -0.15) is 0 Å². The summed E-state index contributed by atoms with van der Waals surface area (Å²) in [6, 6.07) is 9.43. The fraction of sp³-hybridized carbons (Fsp3) is 0.667. The average Bonchev–Trinajstić information content (AvgIpc) is 2.94. The molecule has 0 radical (unpaired) electrons. The molecule has 1 aliphatic carbocycles. The van der Waals surface area contributed by atoms with Crippen molar-refractivity contribution in [3.05, 3.63) is 29.8 Å². The van der Waals surface area contributed by atoms with Gasteiger partial charge in [0, 0.05) is 22.8 Å². The van der Waals surface area contributed by atoms with E-state index in [9.17, 15) is 0 Å². The molecule has 1 saturated carbocycles. The van der Waals surface area contributed by atoms with Crippen LogP contribution in [0.15, 0.2) is 29.2 Å². The smallest absolute Gasteiger partial charge is 0.0693 e. The summed E-state index contributed by atoms with van der Waals surface area (Å²) in [5, 5.41) is 4.04. The molecular weight excluding hydrogens is 278 g/mol. The average molecular weight is 305 g/mol. The minimum atomic E-state index is 0.228. The van der Waals surface area contributed by atoms with E-state index in [0.29, 0.717) is 6.04 Å². The summed E-state index contributed by atoms with van der Waals surface area (Å²) in [6.45, 7) is 3.16. The van der Waals surface area contributed by atoms with E-state index in [1.54, 1.807) is 0 Å². The molecule has 116 valence electrons. The Hall–Kier alpha value is -0.510. The Bertz CT molecular complexity index is 470. The van der Waals surface area contributed by atoms with Crippen molar-refractivity contribution in [1.82, 2.24) is 5.32 Å². The molecule has 1 N–H and O–H groups in total. The molecule has 21 heavy (non-hydrogen) atoms. The molecule has 1 aromatic carbocycles. The van der Waals surface area contributed by atoms with Crippen molar-refractivity contribution in [2.75, 3.05) is 13.7 Å². The highest BCUT2D eigenvalue weighted by Gasteiger charge is 2.40. The second-order valence-corrected chi connectivity index (χ2v) is 7.93. The number of benzene rings is 1. The second-order valence-electron chi connectivity index (χ2n) is 6.55. The highest BCUT2D eigenvalue weighted by molar-refractivity contribution is 8.00. The van der Waals surface area contributed by atoms with Crippen molar-refractivity contribution in [2.45, 2.75) is 67.2 Å². The fourth-order valence-electron chi connectivity index (χ4n) is 3.67. The van der Waals surface area contributed by atoms with Gasteiger partial charge in [0.1, 0.15) is 0 Å². The quantitative estimate of drug-likeness (QED) is 0.881. The third-order valence-electron chi connectivity index (χ3n) is 5.06. The van der Waals surface area contributed by atoms with Gasteiger partial charge in [-0.15, -0.1) is 11.8 Å². The molecule has 0 bridgehead atoms. The number of ether oxygens (including phenoxy) is 1. The normalized spacial score (nSPS) is 26.1. The van der Waals surface area contributed by atoms with Gasteiger partial charge < -0.3 is 10.1 Å². The Morgan fingerprint density at radius 1 is 1.33 bits per heavy atom. The number of hydrogen-bond acceptors (Lipinski definition) is 3. The van der Waals surface area contributed by atoms with Crippen LogP contribution in [-0.2, 0) is 4.74 Å². The molecule has 1 spiro atoms. The van der Waals surface area contributed by atoms with E-state index < -0.39 is 0 Å². The SMILES string of the molecule is CNC(C)c1cccc(SC2CCOC3(CCCC3)C2)c1. The number of thioether (sulfide) groups is 1. The lowest BCUT2D eigenvalue weighted by Crippen LogP contribution is -2.38. The van der Waals surface area contributed by atoms with Crippen molar-refractivity contribution in [3.8, 4) is 0 Å². The largest absolute Gasteiger partial charge is 0.375 e. The van der Waals surface area contributed by atoms with Gasteiger partial charge in [0.25, 0.3) is 0 Å². The van der Waals surface area contributed by atoms with Crippen LogP contribution in [0.2, 0.25) is 0 Å². The van der Waals surface area contributed by atoms with Crippen LogP contribution in [0.5, 0.6) is 0 Å². The Kier molecular flexibility index (Phi) is 4.92. The summed E-state index contributed by atoms with van der Waals surface area (Å²) < 4.78 is 6.15. The van der Waals surface area contributed by atoms with E-state index in [1.807, 2.05) is 7.05 Å². The molecule has 2 atom stereocenters. The van der Waals surface area contributed by atoms with E-state index in [2.05, 4.69) is 48.3 Å². The summed E-state index contributed by atoms with van der Waals surface area (Å²) in [4.78, 5) is 1.41. The fourth-order valence-corrected chi connectivity index (χ4v) is 5.01. The first kappa shape index (κ1) is 15.4. The van der Waals surface area contributed by atoms with Gasteiger partial charge in [-0.25, -0.2) is 0 Å². The lowest BCUT2D eigenvalue weighted by Gasteiger charge is -2.38. The molecular formula is C18H27NOS. The maximum absolute atomic E-state index is 6.15. The van der Waals surface area contributed by atoms with Crippen LogP contribution in [0.3, 0.4) is 0 Å². The number of rotatable bonds is 4. The maximum atomic E-state index is 6.15. The lowest BCUT2D eigenvalue weighted by molar-refractivity contribution is -0.0703. The van der Waals surface area contributed by atoms with Crippen LogP contribution in [-0.4, -0.2) is 24.5 Å². The molecule has 0 aromatic heterocycles. The topological polar surface area (TPSA) is 21.3 Å². The van der Waals surface area contributed by atoms with Crippen LogP contribution >= 0.6 is 11.8 Å². The maximum Gasteiger partial charge on any atom is 0.0693 e. The minimum absolute atomic E-state index is 0.228. The molecule has 2 nitrogen and oxygen atoms in total. The van der Waals surface area contributed by atoms with Crippen LogP contribution < -0.4 is 5.32 Å². The lowest BCUT2D eigenvalue weighted by atomic mass is 9.92. The third-order valence-corrected chi connectivity index (χ3v) is 6.32. The predicted octanol–water partition coefficient (Wildman–Crippen LogP) is 4.55. The monoisotopic (exact) mass is 305 g/mol. The van der Waals surface area contributed by atoms with Crippen LogP contribution in [0.1, 0.15) is 57.1 Å². The summed E-state index contributed by atoms with van der Waals surface area (Å²) in [5.74, 6) is 0. The molecule has 1 aromatic rings. The first-order valence-corrected chi connectivity index (χ1v) is 9.17. The highest BCUT2D eigenvalue weighted by Crippen LogP contribution is 2.44. The van der Waals surface area contributed by atoms with E-state index in [0.717, 1.165) is 11.9 Å². The van der Waals surface area contributed by atoms with Crippen molar-refractivity contribution in [2.24, 2.45) is 0 Å². The highest BCUT2D eigenvalue weighted by atomic mass is 32.2. The molecule has 1 saturated heterocycles. The van der Waals surface area contributed by atoms with Gasteiger partial charge in [-0.3, -0.25) is 0 Å². The molecule has 3 rings (SSSR count). The van der Waals surface area contributed by atoms with Crippen molar-refractivity contribution >= 4 is 11.8 Å². The number of nitrogens with one attached hydrogen (secondary N) is 1. The zero-order chi connectivity index (χ0) is 14.7. The van der Waals surface area contributed by atoms with E-state index in [4.69, 9.17) is 4.74 Å². The zero-order valence-electron chi connectivity index (χ0n) is 13.2. The number of hydrogen-bond donors (Lipinski definition) is 1. The Balaban J connectivity index is 1.66. The Morgan fingerprint density at radius 3 is 2.90 bits per heavy atom. The minimum Gasteiger partial charge on any atom is -0.375 e. The van der Waals surface area contributed by atoms with Gasteiger partial charge in [-0.05, 0) is 57.4 Å². The van der Waals surface area contributed by atoms with Crippen LogP contribution in [0.25, 0.3) is 0 Å². The summed E-state index contributed by atoms with van der Waals surface area (Å²) in [5.41, 5.74) is 1.61. The van der Waals surface area contributed by atoms with Crippen molar-refractivity contribution in [3.63, 3.8) is 0 Å². The van der Waals surface area contributed by atoms with Gasteiger partial charge in [-0.1, -0.05) is 25.0 Å². The Morgan fingerprint density at radius 2 is 2.14 bits per heavy atom.